The van der Waals surface area contributed by atoms with Crippen molar-refractivity contribution >= 4 is 28.2 Å². The summed E-state index contributed by atoms with van der Waals surface area (Å²) in [6.07, 6.45) is 0. The van der Waals surface area contributed by atoms with Gasteiger partial charge < -0.3 is 9.72 Å². The topological polar surface area (TPSA) is 84.9 Å². The van der Waals surface area contributed by atoms with E-state index in [0.717, 1.165) is 0 Å². The van der Waals surface area contributed by atoms with Gasteiger partial charge in [-0.2, -0.15) is 0 Å². The van der Waals surface area contributed by atoms with Crippen molar-refractivity contribution in [1.82, 2.24) is 15.0 Å². The monoisotopic (exact) mass is 395 g/mol. The van der Waals surface area contributed by atoms with Gasteiger partial charge in [0.2, 0.25) is 0 Å². The highest BCUT2D eigenvalue weighted by Gasteiger charge is 2.18. The van der Waals surface area contributed by atoms with E-state index >= 15 is 0 Å². The van der Waals surface area contributed by atoms with Crippen molar-refractivity contribution in [1.29, 1.82) is 0 Å². The third kappa shape index (κ3) is 3.54. The number of carbonyl (C=O) groups is 1. The van der Waals surface area contributed by atoms with Gasteiger partial charge in [0.05, 0.1) is 16.6 Å². The lowest BCUT2D eigenvalue weighted by atomic mass is 10.2. The van der Waals surface area contributed by atoms with Gasteiger partial charge in [-0.25, -0.2) is 19.2 Å². The second-order valence-electron chi connectivity index (χ2n) is 6.05. The number of esters is 1. The highest BCUT2D eigenvalue weighted by Crippen LogP contribution is 2.28. The van der Waals surface area contributed by atoms with Gasteiger partial charge in [0.15, 0.2) is 0 Å². The number of aryl methyl sites for hydroxylation is 1. The SMILES string of the molecule is Cc1nc(-c2ccc(F)cc2)sc1C(=O)OCc1nc2ccccc2c(=O)[nH]1. The summed E-state index contributed by atoms with van der Waals surface area (Å²) < 4.78 is 18.4. The summed E-state index contributed by atoms with van der Waals surface area (Å²) in [4.78, 5) is 36.2. The second-order valence-corrected chi connectivity index (χ2v) is 7.05. The number of para-hydroxylation sites is 1. The maximum absolute atomic E-state index is 13.1. The molecular formula is C20H14FN3O3S. The Bertz CT molecular complexity index is 1230. The number of halogens is 1. The molecule has 0 aliphatic carbocycles. The van der Waals surface area contributed by atoms with Crippen LogP contribution in [0.1, 0.15) is 21.2 Å². The molecule has 0 spiro atoms. The molecule has 2 aromatic heterocycles. The smallest absolute Gasteiger partial charge is 0.350 e. The van der Waals surface area contributed by atoms with Crippen LogP contribution in [-0.2, 0) is 11.3 Å². The fourth-order valence-corrected chi connectivity index (χ4v) is 3.67. The molecule has 4 rings (SSSR count). The van der Waals surface area contributed by atoms with Crippen LogP contribution in [0.5, 0.6) is 0 Å². The molecule has 0 atom stereocenters. The van der Waals surface area contributed by atoms with Crippen LogP contribution in [0.4, 0.5) is 4.39 Å². The molecule has 0 bridgehead atoms. The zero-order chi connectivity index (χ0) is 19.7. The average Bonchev–Trinajstić information content (AvgIpc) is 3.08. The van der Waals surface area contributed by atoms with Crippen LogP contribution in [0.3, 0.4) is 0 Å². The number of H-pyrrole nitrogens is 1. The molecule has 0 aliphatic heterocycles. The third-order valence-corrected chi connectivity index (χ3v) is 5.26. The maximum Gasteiger partial charge on any atom is 0.350 e. The Morgan fingerprint density at radius 1 is 1.14 bits per heavy atom. The zero-order valence-electron chi connectivity index (χ0n) is 14.7. The summed E-state index contributed by atoms with van der Waals surface area (Å²) >= 11 is 1.17. The predicted molar refractivity (Wildman–Crippen MR) is 104 cm³/mol. The molecule has 1 N–H and O–H groups in total. The first kappa shape index (κ1) is 18.0. The van der Waals surface area contributed by atoms with Crippen LogP contribution >= 0.6 is 11.3 Å². The lowest BCUT2D eigenvalue weighted by molar-refractivity contribution is 0.0467. The van der Waals surface area contributed by atoms with E-state index < -0.39 is 5.97 Å². The van der Waals surface area contributed by atoms with E-state index in [0.29, 0.717) is 32.0 Å². The minimum atomic E-state index is -0.556. The number of rotatable bonds is 4. The third-order valence-electron chi connectivity index (χ3n) is 4.08. The number of ether oxygens (including phenoxy) is 1. The van der Waals surface area contributed by atoms with E-state index in [9.17, 15) is 14.0 Å². The molecule has 4 aromatic rings. The number of aromatic amines is 1. The molecule has 0 saturated heterocycles. The van der Waals surface area contributed by atoms with Gasteiger partial charge in [-0.05, 0) is 43.3 Å². The van der Waals surface area contributed by atoms with Crippen molar-refractivity contribution < 1.29 is 13.9 Å². The molecule has 0 amide bonds. The summed E-state index contributed by atoms with van der Waals surface area (Å²) in [5, 5.41) is 1.07. The number of benzene rings is 2. The van der Waals surface area contributed by atoms with Gasteiger partial charge in [0.25, 0.3) is 5.56 Å². The van der Waals surface area contributed by atoms with Gasteiger partial charge in [0, 0.05) is 5.56 Å². The lowest BCUT2D eigenvalue weighted by Crippen LogP contribution is -2.14. The highest BCUT2D eigenvalue weighted by atomic mass is 32.1. The largest absolute Gasteiger partial charge is 0.453 e. The van der Waals surface area contributed by atoms with Gasteiger partial charge in [-0.3, -0.25) is 4.79 Å². The van der Waals surface area contributed by atoms with Crippen LogP contribution in [0.25, 0.3) is 21.5 Å². The Labute approximate surface area is 162 Å². The Kier molecular flexibility index (Phi) is 4.70. The molecule has 28 heavy (non-hydrogen) atoms. The van der Waals surface area contributed by atoms with Gasteiger partial charge in [0.1, 0.15) is 28.1 Å². The minimum absolute atomic E-state index is 0.165. The average molecular weight is 395 g/mol. The minimum Gasteiger partial charge on any atom is -0.453 e. The number of fused-ring (bicyclic) bond motifs is 1. The van der Waals surface area contributed by atoms with Gasteiger partial charge in [-0.1, -0.05) is 12.1 Å². The van der Waals surface area contributed by atoms with E-state index in [1.54, 1.807) is 43.3 Å². The predicted octanol–water partition coefficient (Wildman–Crippen LogP) is 3.85. The van der Waals surface area contributed by atoms with Crippen molar-refractivity contribution in [2.75, 3.05) is 0 Å². The Hall–Kier alpha value is -3.39. The number of hydrogen-bond acceptors (Lipinski definition) is 6. The first-order valence-electron chi connectivity index (χ1n) is 8.39. The fourth-order valence-electron chi connectivity index (χ4n) is 2.70. The van der Waals surface area contributed by atoms with Crippen molar-refractivity contribution in [2.24, 2.45) is 0 Å². The highest BCUT2D eigenvalue weighted by molar-refractivity contribution is 7.17. The summed E-state index contributed by atoms with van der Waals surface area (Å²) in [5.74, 6) is -0.634. The summed E-state index contributed by atoms with van der Waals surface area (Å²) in [7, 11) is 0. The van der Waals surface area contributed by atoms with Gasteiger partial charge >= 0.3 is 5.97 Å². The summed E-state index contributed by atoms with van der Waals surface area (Å²) in [6.45, 7) is 1.54. The van der Waals surface area contributed by atoms with Gasteiger partial charge in [-0.15, -0.1) is 11.3 Å². The van der Waals surface area contributed by atoms with Crippen molar-refractivity contribution in [3.8, 4) is 10.6 Å². The van der Waals surface area contributed by atoms with E-state index in [-0.39, 0.29) is 23.8 Å². The molecule has 140 valence electrons. The van der Waals surface area contributed by atoms with Crippen LogP contribution in [0.15, 0.2) is 53.3 Å². The number of nitrogens with zero attached hydrogens (tertiary/aromatic N) is 2. The molecule has 6 nitrogen and oxygen atoms in total. The number of carbonyl (C=O) groups excluding carboxylic acids is 1. The maximum atomic E-state index is 13.1. The van der Waals surface area contributed by atoms with Crippen molar-refractivity contribution in [3.63, 3.8) is 0 Å². The molecule has 0 radical (unpaired) electrons. The number of thiazole rings is 1. The molecule has 8 heteroatoms. The first-order valence-corrected chi connectivity index (χ1v) is 9.21. The summed E-state index contributed by atoms with van der Waals surface area (Å²) in [5.41, 5.74) is 1.48. The Morgan fingerprint density at radius 2 is 1.89 bits per heavy atom. The summed E-state index contributed by atoms with van der Waals surface area (Å²) in [6, 6.07) is 12.8. The Morgan fingerprint density at radius 3 is 2.68 bits per heavy atom. The number of hydrogen-bond donors (Lipinski definition) is 1. The number of nitrogens with one attached hydrogen (secondary N) is 1. The fraction of sp³-hybridized carbons (Fsp3) is 0.100. The molecule has 2 heterocycles. The standard InChI is InChI=1S/C20H14FN3O3S/c1-11-17(28-19(22-11)12-6-8-13(21)9-7-12)20(26)27-10-16-23-15-5-3-2-4-14(15)18(25)24-16/h2-9H,10H2,1H3,(H,23,24,25). The van der Waals surface area contributed by atoms with E-state index in [4.69, 9.17) is 4.74 Å². The van der Waals surface area contributed by atoms with E-state index in [1.165, 1.54) is 23.5 Å². The zero-order valence-corrected chi connectivity index (χ0v) is 15.5. The van der Waals surface area contributed by atoms with Crippen LogP contribution < -0.4 is 5.56 Å². The lowest BCUT2D eigenvalue weighted by Gasteiger charge is -2.04. The number of aromatic nitrogens is 3. The van der Waals surface area contributed by atoms with Crippen LogP contribution in [0.2, 0.25) is 0 Å². The second kappa shape index (κ2) is 7.32. The molecule has 0 unspecified atom stereocenters. The normalized spacial score (nSPS) is 10.9. The van der Waals surface area contributed by atoms with Crippen LogP contribution in [-0.4, -0.2) is 20.9 Å². The molecule has 0 saturated carbocycles. The van der Waals surface area contributed by atoms with Crippen molar-refractivity contribution in [2.45, 2.75) is 13.5 Å². The Balaban J connectivity index is 1.53. The molecule has 2 aromatic carbocycles. The molecular weight excluding hydrogens is 381 g/mol. The van der Waals surface area contributed by atoms with Crippen molar-refractivity contribution in [3.05, 3.63) is 81.1 Å². The quantitative estimate of drug-likeness (QED) is 0.531. The molecule has 0 fully saturated rings. The van der Waals surface area contributed by atoms with E-state index in [2.05, 4.69) is 15.0 Å². The molecule has 0 aliphatic rings. The van der Waals surface area contributed by atoms with Crippen LogP contribution in [0, 0.1) is 12.7 Å². The first-order chi connectivity index (χ1) is 13.5. The van der Waals surface area contributed by atoms with E-state index in [1.807, 2.05) is 0 Å².